The number of aliphatic hydroxyl groups is 1. The molecule has 0 bridgehead atoms. The third-order valence-electron chi connectivity index (χ3n) is 10.2. The number of urea groups is 1. The van der Waals surface area contributed by atoms with Gasteiger partial charge in [0.25, 0.3) is 5.91 Å². The largest absolute Gasteiger partial charge is 0.452 e. The Morgan fingerprint density at radius 1 is 0.774 bits per heavy atom. The van der Waals surface area contributed by atoms with E-state index < -0.39 is 12.2 Å². The zero-order chi connectivity index (χ0) is 36.6. The molecule has 8 rings (SSSR count). The van der Waals surface area contributed by atoms with Gasteiger partial charge in [0.05, 0.1) is 46.9 Å². The topological polar surface area (TPSA) is 160 Å². The van der Waals surface area contributed by atoms with Crippen LogP contribution < -0.4 is 10.4 Å². The van der Waals surface area contributed by atoms with Gasteiger partial charge in [0.1, 0.15) is 17.8 Å². The number of hydrogen-bond donors (Lipinski definition) is 4. The lowest BCUT2D eigenvalue weighted by Crippen LogP contribution is -2.52. The molecule has 6 aromatic rings. The van der Waals surface area contributed by atoms with E-state index in [0.29, 0.717) is 24.6 Å². The van der Waals surface area contributed by atoms with Gasteiger partial charge >= 0.3 is 12.1 Å². The number of H-pyrrole nitrogens is 2. The van der Waals surface area contributed by atoms with Gasteiger partial charge in [-0.1, -0.05) is 54.6 Å². The van der Waals surface area contributed by atoms with Gasteiger partial charge < -0.3 is 29.6 Å². The van der Waals surface area contributed by atoms with Crippen molar-refractivity contribution in [3.8, 4) is 22.3 Å². The molecule has 0 unspecified atom stereocenters. The minimum Gasteiger partial charge on any atom is -0.452 e. The summed E-state index contributed by atoms with van der Waals surface area (Å²) in [5.41, 5.74) is 10.6. The molecule has 0 saturated carbocycles. The fourth-order valence-electron chi connectivity index (χ4n) is 7.49. The van der Waals surface area contributed by atoms with E-state index >= 15 is 0 Å². The summed E-state index contributed by atoms with van der Waals surface area (Å²) in [7, 11) is 1.26. The fourth-order valence-corrected chi connectivity index (χ4v) is 7.49. The van der Waals surface area contributed by atoms with E-state index in [1.807, 2.05) is 24.3 Å². The molecular formula is C40H40N8O5. The lowest BCUT2D eigenvalue weighted by Gasteiger charge is -2.30. The number of aromatic nitrogens is 4. The fraction of sp³-hybridized carbons (Fsp3) is 0.275. The van der Waals surface area contributed by atoms with Crippen molar-refractivity contribution >= 4 is 45.8 Å². The average molecular weight is 713 g/mol. The Bertz CT molecular complexity index is 2300. The van der Waals surface area contributed by atoms with Gasteiger partial charge in [0.15, 0.2) is 0 Å². The lowest BCUT2D eigenvalue weighted by molar-refractivity contribution is -0.140. The number of aromatic amines is 2. The van der Waals surface area contributed by atoms with E-state index in [4.69, 9.17) is 14.7 Å². The number of methoxy groups -OCH3 is 1. The molecule has 4 amide bonds. The van der Waals surface area contributed by atoms with Crippen LogP contribution in [0.15, 0.2) is 91.0 Å². The molecule has 2 saturated heterocycles. The van der Waals surface area contributed by atoms with Gasteiger partial charge in [-0.15, -0.1) is 0 Å². The second-order valence-corrected chi connectivity index (χ2v) is 13.6. The van der Waals surface area contributed by atoms with Crippen molar-refractivity contribution in [1.82, 2.24) is 35.2 Å². The molecule has 2 fully saturated rings. The highest BCUT2D eigenvalue weighted by Crippen LogP contribution is 2.36. The van der Waals surface area contributed by atoms with Crippen molar-refractivity contribution in [2.75, 3.05) is 25.2 Å². The number of ether oxygens (including phenoxy) is 1. The second kappa shape index (κ2) is 14.1. The molecule has 2 aliphatic rings. The minimum atomic E-state index is -1.04. The molecule has 13 nitrogen and oxygen atoms in total. The van der Waals surface area contributed by atoms with Crippen molar-refractivity contribution in [2.45, 2.75) is 50.8 Å². The number of likely N-dealkylation sites (tertiary alicyclic amines) is 2. The van der Waals surface area contributed by atoms with Gasteiger partial charge in [0.2, 0.25) is 0 Å². The zero-order valence-corrected chi connectivity index (χ0v) is 29.5. The van der Waals surface area contributed by atoms with Gasteiger partial charge in [-0.25, -0.2) is 25.0 Å². The molecular weight excluding hydrogens is 672 g/mol. The maximum absolute atomic E-state index is 13.9. The van der Waals surface area contributed by atoms with Gasteiger partial charge in [0, 0.05) is 13.1 Å². The molecule has 4 aromatic carbocycles. The Labute approximate surface area is 305 Å². The van der Waals surface area contributed by atoms with Gasteiger partial charge in [-0.3, -0.25) is 4.79 Å². The number of nitrogens with zero attached hydrogens (tertiary/aromatic N) is 5. The van der Waals surface area contributed by atoms with Crippen molar-refractivity contribution < 1.29 is 24.2 Å². The number of imidazole rings is 2. The normalized spacial score (nSPS) is 17.7. The molecule has 53 heavy (non-hydrogen) atoms. The number of anilines is 1. The second-order valence-electron chi connectivity index (χ2n) is 13.6. The van der Waals surface area contributed by atoms with Crippen molar-refractivity contribution in [1.29, 1.82) is 0 Å². The van der Waals surface area contributed by atoms with E-state index in [1.54, 1.807) is 34.1 Å². The van der Waals surface area contributed by atoms with Crippen LogP contribution in [0.2, 0.25) is 0 Å². The molecule has 4 heterocycles. The molecule has 0 spiro atoms. The van der Waals surface area contributed by atoms with E-state index in [-0.39, 0.29) is 24.0 Å². The third-order valence-corrected chi connectivity index (χ3v) is 10.2. The Hall–Kier alpha value is -6.21. The quantitative estimate of drug-likeness (QED) is 0.137. The summed E-state index contributed by atoms with van der Waals surface area (Å²) in [6.07, 6.45) is 1.43. The number of carbonyl (C=O) groups excluding carboxylic acids is 3. The van der Waals surface area contributed by atoms with Crippen LogP contribution in [0, 0.1) is 0 Å². The zero-order valence-electron chi connectivity index (χ0n) is 29.5. The number of aliphatic hydroxyl groups excluding tert-OH is 1. The van der Waals surface area contributed by atoms with E-state index in [0.717, 1.165) is 75.8 Å². The van der Waals surface area contributed by atoms with Crippen molar-refractivity contribution in [2.24, 2.45) is 0 Å². The van der Waals surface area contributed by atoms with Crippen LogP contribution in [0.25, 0.3) is 44.3 Å². The van der Waals surface area contributed by atoms with Crippen molar-refractivity contribution in [3.63, 3.8) is 0 Å². The Kier molecular flexibility index (Phi) is 9.00. The van der Waals surface area contributed by atoms with Crippen molar-refractivity contribution in [3.05, 3.63) is 103 Å². The summed E-state index contributed by atoms with van der Waals surface area (Å²) in [6.45, 7) is 2.64. The van der Waals surface area contributed by atoms with Crippen LogP contribution in [-0.4, -0.2) is 79.2 Å². The molecule has 270 valence electrons. The van der Waals surface area contributed by atoms with E-state index in [1.165, 1.54) is 19.0 Å². The standard InChI is InChI=1S/C40H40N8O5/c1-24(49)38(50)46-20-6-10-34(46)36-41-30-18-16-27(22-32(30)43-36)25-12-14-26(15-13-25)28-17-19-31-33(23-28)44-37(42-31)35-11-7-21-47(35)40(52)48(45-39(51)53-2)29-8-4-3-5-9-29/h3-5,8-9,12-19,22-24,34-35,49H,6-7,10-11,20-21H2,1-2H3,(H,41,43)(H,42,44)(H,45,51)/t24-,34+,35+/m1/s1. The summed E-state index contributed by atoms with van der Waals surface area (Å²) in [6, 6.07) is 28.7. The number of rotatable bonds is 6. The predicted octanol–water partition coefficient (Wildman–Crippen LogP) is 6.85. The highest BCUT2D eigenvalue weighted by molar-refractivity contribution is 5.94. The number of benzene rings is 4. The summed E-state index contributed by atoms with van der Waals surface area (Å²) in [5.74, 6) is 1.17. The summed E-state index contributed by atoms with van der Waals surface area (Å²) >= 11 is 0. The molecule has 0 radical (unpaired) electrons. The van der Waals surface area contributed by atoms with Crippen LogP contribution in [-0.2, 0) is 9.53 Å². The number of para-hydroxylation sites is 1. The molecule has 3 atom stereocenters. The Morgan fingerprint density at radius 2 is 1.28 bits per heavy atom. The number of nitrogens with one attached hydrogen (secondary N) is 3. The Morgan fingerprint density at radius 3 is 1.81 bits per heavy atom. The smallest absolute Gasteiger partial charge is 0.426 e. The first-order chi connectivity index (χ1) is 25.8. The van der Waals surface area contributed by atoms with Gasteiger partial charge in [-0.05, 0) is 91.3 Å². The maximum atomic E-state index is 13.9. The van der Waals surface area contributed by atoms with Crippen LogP contribution >= 0.6 is 0 Å². The summed E-state index contributed by atoms with van der Waals surface area (Å²) in [4.78, 5) is 58.6. The highest BCUT2D eigenvalue weighted by Gasteiger charge is 2.36. The summed E-state index contributed by atoms with van der Waals surface area (Å²) < 4.78 is 4.79. The maximum Gasteiger partial charge on any atom is 0.426 e. The number of carbonyl (C=O) groups is 3. The van der Waals surface area contributed by atoms with Crippen LogP contribution in [0.5, 0.6) is 0 Å². The first-order valence-corrected chi connectivity index (χ1v) is 17.9. The Balaban J connectivity index is 1.00. The van der Waals surface area contributed by atoms with Gasteiger partial charge in [-0.2, -0.15) is 5.01 Å². The first kappa shape index (κ1) is 33.9. The SMILES string of the molecule is COC(=O)NN(C(=O)N1CCC[C@H]1c1nc2ccc(-c3ccc(-c4ccc5nc([C@@H]6CCCN6C(=O)[C@@H](C)O)[nH]c5c4)cc3)cc2[nH]1)c1ccccc1. The highest BCUT2D eigenvalue weighted by atomic mass is 16.5. The van der Waals surface area contributed by atoms with E-state index in [9.17, 15) is 19.5 Å². The minimum absolute atomic E-state index is 0.171. The molecule has 13 heteroatoms. The van der Waals surface area contributed by atoms with Crippen LogP contribution in [0.4, 0.5) is 15.3 Å². The number of hydrazine groups is 1. The average Bonchev–Trinajstić information content (AvgIpc) is 4.01. The van der Waals surface area contributed by atoms with E-state index in [2.05, 4.69) is 57.9 Å². The molecule has 4 N–H and O–H groups in total. The number of fused-ring (bicyclic) bond motifs is 2. The lowest BCUT2D eigenvalue weighted by atomic mass is 10.00. The molecule has 0 aliphatic carbocycles. The number of hydrogen-bond acceptors (Lipinski definition) is 7. The molecule has 2 aliphatic heterocycles. The predicted molar refractivity (Wildman–Crippen MR) is 201 cm³/mol. The van der Waals surface area contributed by atoms with Crippen LogP contribution in [0.1, 0.15) is 56.3 Å². The summed E-state index contributed by atoms with van der Waals surface area (Å²) in [5, 5.41) is 11.1. The number of amides is 4. The third kappa shape index (κ3) is 6.55. The first-order valence-electron chi connectivity index (χ1n) is 17.9. The monoisotopic (exact) mass is 712 g/mol. The molecule has 2 aromatic heterocycles. The van der Waals surface area contributed by atoms with Crippen LogP contribution in [0.3, 0.4) is 0 Å².